The van der Waals surface area contributed by atoms with Gasteiger partial charge in [-0.1, -0.05) is 78.9 Å². The highest BCUT2D eigenvalue weighted by atomic mass is 16.1. The van der Waals surface area contributed by atoms with E-state index >= 15 is 0 Å². The summed E-state index contributed by atoms with van der Waals surface area (Å²) in [6.45, 7) is 0. The summed E-state index contributed by atoms with van der Waals surface area (Å²) in [4.78, 5) is 15.5. The predicted molar refractivity (Wildman–Crippen MR) is 145 cm³/mol. The van der Waals surface area contributed by atoms with E-state index in [0.717, 1.165) is 51.1 Å². The van der Waals surface area contributed by atoms with Crippen LogP contribution in [0.15, 0.2) is 103 Å². The first-order valence-electron chi connectivity index (χ1n) is 11.4. The fraction of sp³-hybridized carbons (Fsp3) is 0.129. The van der Waals surface area contributed by atoms with Crippen LogP contribution in [0.25, 0.3) is 11.1 Å². The minimum Gasteiger partial charge on any atom is -0.378 e. The summed E-state index contributed by atoms with van der Waals surface area (Å²) in [7, 11) is 8.21. The normalized spacial score (nSPS) is 10.5. The van der Waals surface area contributed by atoms with Crippen molar-refractivity contribution in [2.24, 2.45) is 0 Å². The van der Waals surface area contributed by atoms with Gasteiger partial charge in [-0.3, -0.25) is 4.79 Å². The van der Waals surface area contributed by atoms with Gasteiger partial charge >= 0.3 is 0 Å². The largest absolute Gasteiger partial charge is 0.378 e. The smallest absolute Gasteiger partial charge is 0.150 e. The van der Waals surface area contributed by atoms with Gasteiger partial charge in [0, 0.05) is 45.1 Å². The average molecular weight is 447 g/mol. The maximum Gasteiger partial charge on any atom is 0.150 e. The van der Waals surface area contributed by atoms with E-state index in [1.807, 2.05) is 30.3 Å². The van der Waals surface area contributed by atoms with E-state index in [4.69, 9.17) is 0 Å². The quantitative estimate of drug-likeness (QED) is 0.235. The fourth-order valence-electron chi connectivity index (χ4n) is 4.10. The lowest BCUT2D eigenvalue weighted by atomic mass is 9.85. The molecule has 4 aromatic rings. The van der Waals surface area contributed by atoms with Crippen molar-refractivity contribution in [2.45, 2.75) is 0 Å². The molecule has 34 heavy (non-hydrogen) atoms. The third-order valence-electron chi connectivity index (χ3n) is 5.99. The lowest BCUT2D eigenvalue weighted by molar-refractivity contribution is 0.112. The Morgan fingerprint density at radius 3 is 1.21 bits per heavy atom. The Morgan fingerprint density at radius 1 is 0.500 bits per heavy atom. The van der Waals surface area contributed by atoms with Gasteiger partial charge in [0.15, 0.2) is 0 Å². The van der Waals surface area contributed by atoms with Gasteiger partial charge in [-0.25, -0.2) is 0 Å². The van der Waals surface area contributed by atoms with Crippen molar-refractivity contribution >= 4 is 28.8 Å². The molecule has 0 aliphatic carbocycles. The molecule has 0 atom stereocenters. The number of carbonyl (C=O) groups excluding carboxylic acids is 1. The number of carbonyl (C=O) groups is 1. The molecular weight excluding hydrogens is 416 g/mol. The molecule has 0 N–H and O–H groups in total. The zero-order valence-corrected chi connectivity index (χ0v) is 20.2. The molecule has 0 bridgehead atoms. The van der Waals surface area contributed by atoms with Crippen molar-refractivity contribution in [1.29, 1.82) is 0 Å². The van der Waals surface area contributed by atoms with Gasteiger partial charge in [-0.15, -0.1) is 0 Å². The predicted octanol–water partition coefficient (Wildman–Crippen LogP) is 6.64. The van der Waals surface area contributed by atoms with Crippen molar-refractivity contribution in [3.63, 3.8) is 0 Å². The Kier molecular flexibility index (Phi) is 6.93. The highest BCUT2D eigenvalue weighted by molar-refractivity contribution is 6.05. The molecule has 170 valence electrons. The number of anilines is 2. The van der Waals surface area contributed by atoms with Gasteiger partial charge in [-0.2, -0.15) is 0 Å². The van der Waals surface area contributed by atoms with Gasteiger partial charge in [0.1, 0.15) is 6.29 Å². The van der Waals surface area contributed by atoms with E-state index < -0.39 is 0 Å². The van der Waals surface area contributed by atoms with E-state index in [9.17, 15) is 4.79 Å². The van der Waals surface area contributed by atoms with Crippen LogP contribution in [0.1, 0.15) is 32.6 Å². The van der Waals surface area contributed by atoms with E-state index in [1.54, 1.807) is 0 Å². The van der Waals surface area contributed by atoms with Crippen LogP contribution in [-0.2, 0) is 0 Å². The molecule has 0 radical (unpaired) electrons. The molecule has 0 unspecified atom stereocenters. The molecule has 0 heterocycles. The molecule has 3 nitrogen and oxygen atoms in total. The molecule has 0 aliphatic rings. The summed E-state index contributed by atoms with van der Waals surface area (Å²) in [6.07, 6.45) is 0.885. The van der Waals surface area contributed by atoms with Crippen LogP contribution in [0.2, 0.25) is 0 Å². The summed E-state index contributed by atoms with van der Waals surface area (Å²) in [5.41, 5.74) is 9.75. The molecule has 4 aromatic carbocycles. The second-order valence-corrected chi connectivity index (χ2v) is 8.74. The minimum absolute atomic E-state index is 0.670. The zero-order valence-electron chi connectivity index (χ0n) is 20.2. The third kappa shape index (κ3) is 4.94. The van der Waals surface area contributed by atoms with Crippen LogP contribution in [0, 0.1) is 0 Å². The molecule has 0 saturated carbocycles. The summed E-state index contributed by atoms with van der Waals surface area (Å²) in [5, 5.41) is 0. The number of hydrogen-bond acceptors (Lipinski definition) is 3. The second kappa shape index (κ2) is 10.2. The Labute approximate surface area is 202 Å². The topological polar surface area (TPSA) is 23.6 Å². The van der Waals surface area contributed by atoms with E-state index in [2.05, 4.69) is 111 Å². The van der Waals surface area contributed by atoms with Crippen molar-refractivity contribution in [2.75, 3.05) is 38.0 Å². The second-order valence-electron chi connectivity index (χ2n) is 8.74. The monoisotopic (exact) mass is 446 g/mol. The Balaban J connectivity index is 2.02. The van der Waals surface area contributed by atoms with Crippen molar-refractivity contribution < 1.29 is 4.79 Å². The van der Waals surface area contributed by atoms with Crippen LogP contribution in [-0.4, -0.2) is 34.5 Å². The summed E-state index contributed by atoms with van der Waals surface area (Å²) < 4.78 is 0. The van der Waals surface area contributed by atoms with Crippen molar-refractivity contribution in [1.82, 2.24) is 0 Å². The lowest BCUT2D eigenvalue weighted by Crippen LogP contribution is -2.09. The number of aldehydes is 1. The Bertz CT molecular complexity index is 1210. The number of hydrogen-bond donors (Lipinski definition) is 0. The summed E-state index contributed by atoms with van der Waals surface area (Å²) in [6, 6.07) is 35.7. The zero-order chi connectivity index (χ0) is 24.1. The van der Waals surface area contributed by atoms with Crippen LogP contribution in [0.3, 0.4) is 0 Å². The van der Waals surface area contributed by atoms with E-state index in [1.165, 1.54) is 0 Å². The molecule has 0 spiro atoms. The van der Waals surface area contributed by atoms with Crippen molar-refractivity contribution in [3.05, 3.63) is 131 Å². The third-order valence-corrected chi connectivity index (χ3v) is 5.99. The molecule has 0 aromatic heterocycles. The first-order chi connectivity index (χ1) is 16.5. The molecule has 0 fully saturated rings. The van der Waals surface area contributed by atoms with Gasteiger partial charge in [0.05, 0.1) is 0 Å². The molecule has 0 aliphatic heterocycles. The molecular formula is C31H30N2O. The average Bonchev–Trinajstić information content (AvgIpc) is 2.88. The number of rotatable bonds is 7. The molecule has 0 saturated heterocycles. The molecule has 0 amide bonds. The highest BCUT2D eigenvalue weighted by Crippen LogP contribution is 2.37. The highest BCUT2D eigenvalue weighted by Gasteiger charge is 2.17. The van der Waals surface area contributed by atoms with Gasteiger partial charge in [0.25, 0.3) is 0 Å². The van der Waals surface area contributed by atoms with Crippen molar-refractivity contribution in [3.8, 4) is 0 Å². The summed E-state index contributed by atoms with van der Waals surface area (Å²) in [5.74, 6) is 0. The Hall–Kier alpha value is -4.11. The van der Waals surface area contributed by atoms with Gasteiger partial charge < -0.3 is 9.80 Å². The van der Waals surface area contributed by atoms with Crippen LogP contribution in [0.4, 0.5) is 11.4 Å². The fourth-order valence-corrected chi connectivity index (χ4v) is 4.10. The van der Waals surface area contributed by atoms with Crippen LogP contribution < -0.4 is 9.80 Å². The van der Waals surface area contributed by atoms with E-state index in [0.29, 0.717) is 5.56 Å². The maximum absolute atomic E-state index is 11.3. The standard InChI is InChI=1S/C31H30N2O/c1-32(2)28-18-14-26(15-19-28)31(27-16-20-29(21-17-27)33(3)4)30(24-8-6-5-7-9-24)25-12-10-23(22-34)11-13-25/h5-22H,1-4H3. The van der Waals surface area contributed by atoms with Crippen LogP contribution >= 0.6 is 0 Å². The minimum atomic E-state index is 0.670. The van der Waals surface area contributed by atoms with E-state index in [-0.39, 0.29) is 0 Å². The number of benzene rings is 4. The van der Waals surface area contributed by atoms with Gasteiger partial charge in [0.2, 0.25) is 0 Å². The Morgan fingerprint density at radius 2 is 0.853 bits per heavy atom. The van der Waals surface area contributed by atoms with Crippen LogP contribution in [0.5, 0.6) is 0 Å². The summed E-state index contributed by atoms with van der Waals surface area (Å²) >= 11 is 0. The first-order valence-corrected chi connectivity index (χ1v) is 11.4. The number of nitrogens with zero attached hydrogens (tertiary/aromatic N) is 2. The SMILES string of the molecule is CN(C)c1ccc(C(=C(c2ccccc2)c2ccc(C=O)cc2)c2ccc(N(C)C)cc2)cc1. The lowest BCUT2D eigenvalue weighted by Gasteiger charge is -2.20. The molecule has 3 heteroatoms. The maximum atomic E-state index is 11.3. The first kappa shape index (κ1) is 23.1. The van der Waals surface area contributed by atoms with Gasteiger partial charge in [-0.05, 0) is 57.7 Å². The molecule has 4 rings (SSSR count).